The number of guanidine groups is 1. The fraction of sp³-hybridized carbons (Fsp3) is 0.562. The van der Waals surface area contributed by atoms with E-state index < -0.39 is 0 Å². The fourth-order valence-electron chi connectivity index (χ4n) is 1.84. The van der Waals surface area contributed by atoms with Crippen LogP contribution < -0.4 is 15.4 Å². The van der Waals surface area contributed by atoms with E-state index in [-0.39, 0.29) is 6.04 Å². The van der Waals surface area contributed by atoms with Crippen LogP contribution in [0, 0.1) is 0 Å². The first-order chi connectivity index (χ1) is 11.2. The Morgan fingerprint density at radius 2 is 2.22 bits per heavy atom. The summed E-state index contributed by atoms with van der Waals surface area (Å²) in [5, 5.41) is 6.56. The van der Waals surface area contributed by atoms with Gasteiger partial charge < -0.3 is 20.1 Å². The van der Waals surface area contributed by atoms with E-state index in [0.29, 0.717) is 13.2 Å². The molecule has 0 aliphatic carbocycles. The number of halogens is 1. The van der Waals surface area contributed by atoms with Crippen molar-refractivity contribution in [2.45, 2.75) is 13.0 Å². The first-order valence-electron chi connectivity index (χ1n) is 7.58. The number of aliphatic imine (C=N–C) groups is 1. The van der Waals surface area contributed by atoms with Gasteiger partial charge in [-0.2, -0.15) is 11.8 Å². The van der Waals surface area contributed by atoms with E-state index in [4.69, 9.17) is 9.47 Å². The van der Waals surface area contributed by atoms with E-state index in [1.54, 1.807) is 14.2 Å². The zero-order valence-corrected chi connectivity index (χ0v) is 16.4. The van der Waals surface area contributed by atoms with Crippen molar-refractivity contribution in [3.05, 3.63) is 28.7 Å². The SMILES string of the molecule is CN=C(NCCSCCOc1cccc(Br)c1)NC(C)COC. The quantitative estimate of drug-likeness (QED) is 0.357. The highest BCUT2D eigenvalue weighted by Gasteiger charge is 2.03. The lowest BCUT2D eigenvalue weighted by Gasteiger charge is -2.17. The monoisotopic (exact) mass is 403 g/mol. The molecule has 2 N–H and O–H groups in total. The average molecular weight is 404 g/mol. The smallest absolute Gasteiger partial charge is 0.191 e. The molecule has 7 heteroatoms. The topological polar surface area (TPSA) is 54.9 Å². The largest absolute Gasteiger partial charge is 0.493 e. The zero-order chi connectivity index (χ0) is 16.9. The third kappa shape index (κ3) is 9.73. The van der Waals surface area contributed by atoms with Crippen LogP contribution in [0.4, 0.5) is 0 Å². The Morgan fingerprint density at radius 3 is 2.91 bits per heavy atom. The summed E-state index contributed by atoms with van der Waals surface area (Å²) in [6.07, 6.45) is 0. The molecule has 0 spiro atoms. The number of hydrogen-bond acceptors (Lipinski definition) is 4. The van der Waals surface area contributed by atoms with Gasteiger partial charge >= 0.3 is 0 Å². The molecular weight excluding hydrogens is 378 g/mol. The first kappa shape index (κ1) is 20.1. The molecular formula is C16H26BrN3O2S. The number of nitrogens with one attached hydrogen (secondary N) is 2. The highest BCUT2D eigenvalue weighted by atomic mass is 79.9. The summed E-state index contributed by atoms with van der Waals surface area (Å²) in [6, 6.07) is 8.13. The van der Waals surface area contributed by atoms with Gasteiger partial charge in [-0.15, -0.1) is 0 Å². The molecule has 0 aliphatic heterocycles. The summed E-state index contributed by atoms with van der Waals surface area (Å²) >= 11 is 5.29. The molecule has 23 heavy (non-hydrogen) atoms. The molecule has 0 amide bonds. The van der Waals surface area contributed by atoms with Gasteiger partial charge in [0.2, 0.25) is 0 Å². The lowest BCUT2D eigenvalue weighted by molar-refractivity contribution is 0.179. The predicted molar refractivity (Wildman–Crippen MR) is 103 cm³/mol. The molecule has 130 valence electrons. The number of methoxy groups -OCH3 is 1. The molecule has 0 bridgehead atoms. The molecule has 1 atom stereocenters. The van der Waals surface area contributed by atoms with Crippen molar-refractivity contribution in [1.29, 1.82) is 0 Å². The number of thioether (sulfide) groups is 1. The van der Waals surface area contributed by atoms with Gasteiger partial charge in [-0.05, 0) is 25.1 Å². The van der Waals surface area contributed by atoms with Crippen LogP contribution in [-0.2, 0) is 4.74 Å². The molecule has 0 saturated heterocycles. The summed E-state index contributed by atoms with van der Waals surface area (Å²) in [7, 11) is 3.47. The Hall–Kier alpha value is -0.920. The molecule has 0 radical (unpaired) electrons. The van der Waals surface area contributed by atoms with E-state index in [0.717, 1.165) is 34.2 Å². The molecule has 0 heterocycles. The van der Waals surface area contributed by atoms with E-state index in [1.807, 2.05) is 36.0 Å². The minimum absolute atomic E-state index is 0.234. The molecule has 1 aromatic rings. The van der Waals surface area contributed by atoms with Crippen molar-refractivity contribution in [3.8, 4) is 5.75 Å². The van der Waals surface area contributed by atoms with Crippen LogP contribution in [0.3, 0.4) is 0 Å². The first-order valence-corrected chi connectivity index (χ1v) is 9.52. The van der Waals surface area contributed by atoms with Gasteiger partial charge in [0.25, 0.3) is 0 Å². The van der Waals surface area contributed by atoms with Crippen LogP contribution in [0.1, 0.15) is 6.92 Å². The second kappa shape index (κ2) is 12.5. The van der Waals surface area contributed by atoms with Gasteiger partial charge in [0.05, 0.1) is 13.2 Å². The molecule has 0 saturated carbocycles. The number of nitrogens with zero attached hydrogens (tertiary/aromatic N) is 1. The predicted octanol–water partition coefficient (Wildman–Crippen LogP) is 2.76. The number of hydrogen-bond donors (Lipinski definition) is 2. The van der Waals surface area contributed by atoms with E-state index in [1.165, 1.54) is 0 Å². The zero-order valence-electron chi connectivity index (χ0n) is 14.0. The minimum atomic E-state index is 0.234. The number of ether oxygens (including phenoxy) is 2. The summed E-state index contributed by atoms with van der Waals surface area (Å²) in [6.45, 7) is 4.28. The van der Waals surface area contributed by atoms with Gasteiger partial charge in [0, 0.05) is 42.7 Å². The normalized spacial score (nSPS) is 12.8. The summed E-state index contributed by atoms with van der Waals surface area (Å²) < 4.78 is 11.8. The van der Waals surface area contributed by atoms with E-state index in [2.05, 4.69) is 38.5 Å². The van der Waals surface area contributed by atoms with Crippen molar-refractivity contribution < 1.29 is 9.47 Å². The lowest BCUT2D eigenvalue weighted by atomic mass is 10.3. The van der Waals surface area contributed by atoms with Crippen molar-refractivity contribution in [1.82, 2.24) is 10.6 Å². The molecule has 0 aromatic heterocycles. The Balaban J connectivity index is 2.06. The maximum absolute atomic E-state index is 5.69. The van der Waals surface area contributed by atoms with Crippen molar-refractivity contribution >= 4 is 33.7 Å². The van der Waals surface area contributed by atoms with Gasteiger partial charge in [-0.1, -0.05) is 22.0 Å². The summed E-state index contributed by atoms with van der Waals surface area (Å²) in [4.78, 5) is 4.19. The Labute approximate surface area is 151 Å². The van der Waals surface area contributed by atoms with Crippen LogP contribution >= 0.6 is 27.7 Å². The van der Waals surface area contributed by atoms with Crippen LogP contribution in [0.2, 0.25) is 0 Å². The Bertz CT molecular complexity index is 474. The van der Waals surface area contributed by atoms with Gasteiger partial charge in [-0.25, -0.2) is 0 Å². The van der Waals surface area contributed by atoms with Crippen LogP contribution in [0.25, 0.3) is 0 Å². The van der Waals surface area contributed by atoms with Gasteiger partial charge in [-0.3, -0.25) is 4.99 Å². The van der Waals surface area contributed by atoms with Gasteiger partial charge in [0.1, 0.15) is 5.75 Å². The van der Waals surface area contributed by atoms with E-state index in [9.17, 15) is 0 Å². The molecule has 0 aliphatic rings. The average Bonchev–Trinajstić information content (AvgIpc) is 2.53. The van der Waals surface area contributed by atoms with Crippen molar-refractivity contribution in [2.75, 3.05) is 45.4 Å². The fourth-order valence-corrected chi connectivity index (χ4v) is 2.87. The summed E-state index contributed by atoms with van der Waals surface area (Å²) in [5.74, 6) is 3.66. The molecule has 1 unspecified atom stereocenters. The maximum Gasteiger partial charge on any atom is 0.191 e. The highest BCUT2D eigenvalue weighted by Crippen LogP contribution is 2.17. The molecule has 1 aromatic carbocycles. The van der Waals surface area contributed by atoms with Gasteiger partial charge in [0.15, 0.2) is 5.96 Å². The number of rotatable bonds is 10. The standard InChI is InChI=1S/C16H26BrN3O2S/c1-13(12-21-3)20-16(18-2)19-7-9-23-10-8-22-15-6-4-5-14(17)11-15/h4-6,11,13H,7-10,12H2,1-3H3,(H2,18,19,20). The minimum Gasteiger partial charge on any atom is -0.493 e. The van der Waals surface area contributed by atoms with Crippen LogP contribution in [0.15, 0.2) is 33.7 Å². The Kier molecular flexibility index (Phi) is 10.9. The Morgan fingerprint density at radius 1 is 1.39 bits per heavy atom. The lowest BCUT2D eigenvalue weighted by Crippen LogP contribution is -2.44. The van der Waals surface area contributed by atoms with Crippen LogP contribution in [0.5, 0.6) is 5.75 Å². The molecule has 1 rings (SSSR count). The third-order valence-corrected chi connectivity index (χ3v) is 4.30. The second-order valence-electron chi connectivity index (χ2n) is 4.92. The van der Waals surface area contributed by atoms with Crippen LogP contribution in [-0.4, -0.2) is 57.4 Å². The van der Waals surface area contributed by atoms with E-state index >= 15 is 0 Å². The number of benzene rings is 1. The summed E-state index contributed by atoms with van der Waals surface area (Å²) in [5.41, 5.74) is 0. The molecule has 0 fully saturated rings. The maximum atomic E-state index is 5.69. The van der Waals surface area contributed by atoms with Crippen molar-refractivity contribution in [2.24, 2.45) is 4.99 Å². The van der Waals surface area contributed by atoms with Crippen molar-refractivity contribution in [3.63, 3.8) is 0 Å². The molecule has 5 nitrogen and oxygen atoms in total. The second-order valence-corrected chi connectivity index (χ2v) is 7.06. The third-order valence-electron chi connectivity index (χ3n) is 2.85. The highest BCUT2D eigenvalue weighted by molar-refractivity contribution is 9.10.